The van der Waals surface area contributed by atoms with E-state index in [1.54, 1.807) is 0 Å². The summed E-state index contributed by atoms with van der Waals surface area (Å²) in [6.07, 6.45) is -0.469. The van der Waals surface area contributed by atoms with Crippen LogP contribution in [0.15, 0.2) is 36.1 Å². The van der Waals surface area contributed by atoms with Gasteiger partial charge in [-0.2, -0.15) is 0 Å². The molecular formula is C22H28FN3O6S. The van der Waals surface area contributed by atoms with Gasteiger partial charge in [-0.05, 0) is 49.6 Å². The number of carbonyl (C=O) groups is 1. The van der Waals surface area contributed by atoms with Crippen molar-refractivity contribution in [1.82, 2.24) is 9.97 Å². The minimum absolute atomic E-state index is 0.117. The quantitative estimate of drug-likeness (QED) is 0.357. The summed E-state index contributed by atoms with van der Waals surface area (Å²) >= 11 is 0. The first-order valence-electron chi connectivity index (χ1n) is 10.4. The number of allylic oxidation sites excluding steroid dienone is 1. The maximum Gasteiger partial charge on any atom is 0.305 e. The van der Waals surface area contributed by atoms with Crippen LogP contribution in [-0.2, 0) is 21.2 Å². The zero-order valence-electron chi connectivity index (χ0n) is 18.6. The average Bonchev–Trinajstić information content (AvgIpc) is 2.71. The molecule has 0 aliphatic heterocycles. The number of halogens is 1. The molecule has 0 aliphatic carbocycles. The Labute approximate surface area is 192 Å². The summed E-state index contributed by atoms with van der Waals surface area (Å²) in [5.41, 5.74) is 1.98. The Kier molecular flexibility index (Phi) is 8.89. The van der Waals surface area contributed by atoms with Gasteiger partial charge in [0, 0.05) is 17.5 Å². The number of sulfonamides is 1. The van der Waals surface area contributed by atoms with E-state index in [1.807, 2.05) is 13.8 Å². The minimum atomic E-state index is -3.65. The zero-order valence-corrected chi connectivity index (χ0v) is 19.4. The second-order valence-corrected chi connectivity index (χ2v) is 9.79. The number of aromatic nitrogens is 2. The molecule has 33 heavy (non-hydrogen) atoms. The summed E-state index contributed by atoms with van der Waals surface area (Å²) in [4.78, 5) is 19.5. The van der Waals surface area contributed by atoms with Gasteiger partial charge in [-0.3, -0.25) is 9.52 Å². The van der Waals surface area contributed by atoms with Crippen LogP contribution in [0, 0.1) is 5.82 Å². The van der Waals surface area contributed by atoms with Crippen molar-refractivity contribution >= 4 is 21.9 Å². The molecule has 0 fully saturated rings. The normalized spacial score (nSPS) is 13.2. The Morgan fingerprint density at radius 2 is 1.79 bits per heavy atom. The molecule has 1 aromatic carbocycles. The van der Waals surface area contributed by atoms with E-state index >= 15 is 0 Å². The highest BCUT2D eigenvalue weighted by Crippen LogP contribution is 2.30. The van der Waals surface area contributed by atoms with Crippen LogP contribution in [0.2, 0.25) is 0 Å². The van der Waals surface area contributed by atoms with Gasteiger partial charge in [-0.1, -0.05) is 13.8 Å². The van der Waals surface area contributed by atoms with Crippen molar-refractivity contribution < 1.29 is 32.9 Å². The highest BCUT2D eigenvalue weighted by Gasteiger charge is 2.20. The monoisotopic (exact) mass is 481 g/mol. The summed E-state index contributed by atoms with van der Waals surface area (Å²) in [5, 5.41) is 28.7. The van der Waals surface area contributed by atoms with Gasteiger partial charge in [0.25, 0.3) is 0 Å². The molecule has 1 heterocycles. The number of nitrogens with one attached hydrogen (secondary N) is 1. The van der Waals surface area contributed by atoms with Crippen LogP contribution >= 0.6 is 0 Å². The molecule has 11 heteroatoms. The van der Waals surface area contributed by atoms with Gasteiger partial charge in [-0.15, -0.1) is 0 Å². The molecule has 1 unspecified atom stereocenters. The van der Waals surface area contributed by atoms with Crippen molar-refractivity contribution in [3.8, 4) is 11.3 Å². The molecule has 2 rings (SSSR count). The Hall–Kier alpha value is -3.05. The third-order valence-electron chi connectivity index (χ3n) is 4.73. The number of aliphatic carboxylic acids is 1. The second-order valence-electron chi connectivity index (χ2n) is 7.78. The Bertz CT molecular complexity index is 1120. The fraction of sp³-hybridized carbons (Fsp3) is 0.409. The molecule has 0 spiro atoms. The number of benzene rings is 1. The van der Waals surface area contributed by atoms with Crippen molar-refractivity contribution in [3.63, 3.8) is 0 Å². The first-order chi connectivity index (χ1) is 15.4. The fourth-order valence-electron chi connectivity index (χ4n) is 3.10. The molecule has 0 amide bonds. The summed E-state index contributed by atoms with van der Waals surface area (Å²) in [6.45, 7) is 5.20. The summed E-state index contributed by atoms with van der Waals surface area (Å²) in [5.74, 6) is -2.28. The highest BCUT2D eigenvalue weighted by molar-refractivity contribution is 7.92. The van der Waals surface area contributed by atoms with E-state index in [9.17, 15) is 27.8 Å². The Morgan fingerprint density at radius 3 is 2.33 bits per heavy atom. The predicted octanol–water partition coefficient (Wildman–Crippen LogP) is 3.38. The van der Waals surface area contributed by atoms with Gasteiger partial charge >= 0.3 is 5.97 Å². The number of carboxylic acid groups (broad SMARTS) is 1. The van der Waals surface area contributed by atoms with Gasteiger partial charge in [0.1, 0.15) is 5.82 Å². The van der Waals surface area contributed by atoms with E-state index < -0.39 is 34.3 Å². The smallest absolute Gasteiger partial charge is 0.305 e. The van der Waals surface area contributed by atoms with Crippen molar-refractivity contribution in [3.05, 3.63) is 53.2 Å². The standard InChI is InChI=1S/C22H28FN3O6S/c1-4-33(31,32)26-22-24-20(13(2)3)18(10-9-16(27)11-17(28)12-19(29)30)21(25-22)14-5-7-15(23)8-6-14/h5-9,13,17,27-28H,4,10-12H2,1-3H3,(H,29,30)(H,24,25,26)/b16-9+. The number of hydrogen-bond donors (Lipinski definition) is 4. The Morgan fingerprint density at radius 1 is 1.15 bits per heavy atom. The molecular weight excluding hydrogens is 453 g/mol. The first-order valence-corrected chi connectivity index (χ1v) is 12.0. The number of hydrogen-bond acceptors (Lipinski definition) is 7. The van der Waals surface area contributed by atoms with Crippen molar-refractivity contribution in [2.24, 2.45) is 0 Å². The van der Waals surface area contributed by atoms with Gasteiger partial charge in [0.2, 0.25) is 16.0 Å². The molecule has 0 radical (unpaired) electrons. The first kappa shape index (κ1) is 26.2. The lowest BCUT2D eigenvalue weighted by Crippen LogP contribution is -2.18. The summed E-state index contributed by atoms with van der Waals surface area (Å²) in [7, 11) is -3.65. The lowest BCUT2D eigenvalue weighted by Gasteiger charge is -2.18. The van der Waals surface area contributed by atoms with Gasteiger partial charge in [0.05, 0.1) is 35.4 Å². The number of nitrogens with zero attached hydrogens (tertiary/aromatic N) is 2. The maximum atomic E-state index is 13.5. The molecule has 9 nitrogen and oxygen atoms in total. The summed E-state index contributed by atoms with van der Waals surface area (Å²) < 4.78 is 40.0. The van der Waals surface area contributed by atoms with Crippen molar-refractivity contribution in [2.75, 3.05) is 10.5 Å². The van der Waals surface area contributed by atoms with Crippen LogP contribution in [0.1, 0.15) is 50.8 Å². The zero-order chi connectivity index (χ0) is 24.8. The maximum absolute atomic E-state index is 13.5. The number of aliphatic hydroxyl groups is 2. The van der Waals surface area contributed by atoms with E-state index in [0.29, 0.717) is 22.5 Å². The van der Waals surface area contributed by atoms with Crippen LogP contribution in [0.5, 0.6) is 0 Å². The van der Waals surface area contributed by atoms with Gasteiger partial charge in [-0.25, -0.2) is 22.8 Å². The molecule has 0 saturated heterocycles. The largest absolute Gasteiger partial charge is 0.513 e. The van der Waals surface area contributed by atoms with Crippen molar-refractivity contribution in [1.29, 1.82) is 0 Å². The van der Waals surface area contributed by atoms with Crippen molar-refractivity contribution in [2.45, 2.75) is 52.1 Å². The average molecular weight is 482 g/mol. The Balaban J connectivity index is 2.55. The third-order valence-corrected chi connectivity index (χ3v) is 5.98. The fourth-order valence-corrected chi connectivity index (χ4v) is 3.62. The molecule has 0 bridgehead atoms. The minimum Gasteiger partial charge on any atom is -0.513 e. The number of aliphatic hydroxyl groups excluding tert-OH is 2. The van der Waals surface area contributed by atoms with E-state index in [1.165, 1.54) is 37.3 Å². The summed E-state index contributed by atoms with van der Waals surface area (Å²) in [6, 6.07) is 5.51. The van der Waals surface area contributed by atoms with Crippen LogP contribution in [0.3, 0.4) is 0 Å². The molecule has 180 valence electrons. The number of rotatable bonds is 11. The third kappa shape index (κ3) is 7.79. The van der Waals surface area contributed by atoms with Crippen LogP contribution in [-0.4, -0.2) is 51.5 Å². The lowest BCUT2D eigenvalue weighted by atomic mass is 9.95. The molecule has 0 saturated carbocycles. The predicted molar refractivity (Wildman–Crippen MR) is 122 cm³/mol. The second kappa shape index (κ2) is 11.2. The molecule has 0 aliphatic rings. The van der Waals surface area contributed by atoms with Crippen LogP contribution < -0.4 is 4.72 Å². The highest BCUT2D eigenvalue weighted by atomic mass is 32.2. The lowest BCUT2D eigenvalue weighted by molar-refractivity contribution is -0.139. The SMILES string of the molecule is CCS(=O)(=O)Nc1nc(-c2ccc(F)cc2)c(C/C=C(/O)CC(O)CC(=O)O)c(C(C)C)n1. The topological polar surface area (TPSA) is 150 Å². The van der Waals surface area contributed by atoms with Crippen LogP contribution in [0.4, 0.5) is 10.3 Å². The van der Waals surface area contributed by atoms with Gasteiger partial charge < -0.3 is 15.3 Å². The van der Waals surface area contributed by atoms with E-state index in [0.717, 1.165) is 0 Å². The van der Waals surface area contributed by atoms with Crippen LogP contribution in [0.25, 0.3) is 11.3 Å². The number of carboxylic acids is 1. The molecule has 1 atom stereocenters. The van der Waals surface area contributed by atoms with E-state index in [2.05, 4.69) is 14.7 Å². The molecule has 2 aromatic rings. The molecule has 4 N–H and O–H groups in total. The van der Waals surface area contributed by atoms with Gasteiger partial charge in [0.15, 0.2) is 0 Å². The number of anilines is 1. The molecule has 1 aromatic heterocycles. The van der Waals surface area contributed by atoms with E-state index in [4.69, 9.17) is 5.11 Å². The van der Waals surface area contributed by atoms with E-state index in [-0.39, 0.29) is 36.2 Å².